The van der Waals surface area contributed by atoms with Crippen LogP contribution in [-0.4, -0.2) is 36.4 Å². The predicted molar refractivity (Wildman–Crippen MR) is 105 cm³/mol. The van der Waals surface area contributed by atoms with Crippen LogP contribution >= 0.6 is 0 Å². The second-order valence-electron chi connectivity index (χ2n) is 6.84. The first-order valence-electron chi connectivity index (χ1n) is 9.12. The van der Waals surface area contributed by atoms with Crippen molar-refractivity contribution in [3.05, 3.63) is 76.4 Å². The van der Waals surface area contributed by atoms with Crippen molar-refractivity contribution in [3.63, 3.8) is 0 Å². The lowest BCUT2D eigenvalue weighted by atomic mass is 9.77. The van der Waals surface area contributed by atoms with E-state index >= 15 is 0 Å². The topological polar surface area (TPSA) is 89.9 Å². The molecule has 0 saturated heterocycles. The van der Waals surface area contributed by atoms with Gasteiger partial charge in [-0.2, -0.15) is 0 Å². The molecule has 0 aromatic heterocycles. The van der Waals surface area contributed by atoms with Crippen molar-refractivity contribution < 1.29 is 29.0 Å². The Balaban J connectivity index is 1.87. The van der Waals surface area contributed by atoms with Crippen molar-refractivity contribution in [3.8, 4) is 5.75 Å². The molecule has 2 aromatic carbocycles. The minimum Gasteiger partial charge on any atom is -0.507 e. The molecule has 0 bridgehead atoms. The van der Waals surface area contributed by atoms with E-state index in [4.69, 9.17) is 9.47 Å². The molecule has 146 valence electrons. The van der Waals surface area contributed by atoms with Gasteiger partial charge in [0.25, 0.3) is 0 Å². The third-order valence-corrected chi connectivity index (χ3v) is 5.18. The van der Waals surface area contributed by atoms with Crippen molar-refractivity contribution in [2.45, 2.75) is 6.42 Å². The van der Waals surface area contributed by atoms with Gasteiger partial charge in [-0.25, -0.2) is 0 Å². The van der Waals surface area contributed by atoms with Gasteiger partial charge in [0.15, 0.2) is 0 Å². The number of benzene rings is 2. The zero-order valence-corrected chi connectivity index (χ0v) is 15.7. The van der Waals surface area contributed by atoms with E-state index in [1.165, 1.54) is 13.2 Å². The van der Waals surface area contributed by atoms with Crippen molar-refractivity contribution in [1.82, 2.24) is 0 Å². The molecule has 2 aliphatic rings. The molecule has 0 amide bonds. The Morgan fingerprint density at radius 1 is 1.07 bits per heavy atom. The first kappa shape index (κ1) is 18.7. The van der Waals surface area contributed by atoms with Gasteiger partial charge in [0.05, 0.1) is 19.1 Å². The molecule has 1 unspecified atom stereocenters. The summed E-state index contributed by atoms with van der Waals surface area (Å²) in [4.78, 5) is 37.7. The molecule has 29 heavy (non-hydrogen) atoms. The van der Waals surface area contributed by atoms with E-state index in [1.54, 1.807) is 18.2 Å². The van der Waals surface area contributed by atoms with Gasteiger partial charge in [0.1, 0.15) is 18.1 Å². The maximum absolute atomic E-state index is 12.9. The molecule has 1 aliphatic heterocycles. The average Bonchev–Trinajstić information content (AvgIpc) is 2.76. The highest BCUT2D eigenvalue weighted by Crippen LogP contribution is 2.39. The second kappa shape index (κ2) is 7.39. The number of fused-ring (bicyclic) bond motifs is 2. The Labute approximate surface area is 167 Å². The number of hydrogen-bond acceptors (Lipinski definition) is 6. The number of ketones is 2. The number of carbonyl (C=O) groups excluding carboxylic acids is 3. The van der Waals surface area contributed by atoms with E-state index < -0.39 is 23.5 Å². The fourth-order valence-corrected chi connectivity index (χ4v) is 3.71. The molecule has 0 radical (unpaired) electrons. The third-order valence-electron chi connectivity index (χ3n) is 5.18. The van der Waals surface area contributed by atoms with Gasteiger partial charge in [-0.1, -0.05) is 42.5 Å². The van der Waals surface area contributed by atoms with Gasteiger partial charge >= 0.3 is 5.97 Å². The van der Waals surface area contributed by atoms with Crippen LogP contribution in [0, 0.1) is 5.92 Å². The summed E-state index contributed by atoms with van der Waals surface area (Å²) in [5.41, 5.74) is 1.72. The van der Waals surface area contributed by atoms with Gasteiger partial charge < -0.3 is 14.6 Å². The highest BCUT2D eigenvalue weighted by molar-refractivity contribution is 6.52. The second-order valence-corrected chi connectivity index (χ2v) is 6.84. The molecule has 1 heterocycles. The van der Waals surface area contributed by atoms with Crippen LogP contribution < -0.4 is 4.74 Å². The summed E-state index contributed by atoms with van der Waals surface area (Å²) in [6.07, 6.45) is 1.62. The van der Waals surface area contributed by atoms with Crippen LogP contribution in [0.3, 0.4) is 0 Å². The molecular formula is C23H18O6. The zero-order chi connectivity index (χ0) is 20.5. The number of hydrogen-bond donors (Lipinski definition) is 1. The maximum atomic E-state index is 12.9. The van der Waals surface area contributed by atoms with E-state index in [-0.39, 0.29) is 35.5 Å². The van der Waals surface area contributed by atoms with E-state index in [0.717, 1.165) is 5.56 Å². The Morgan fingerprint density at radius 2 is 1.76 bits per heavy atom. The van der Waals surface area contributed by atoms with Gasteiger partial charge in [0.2, 0.25) is 11.6 Å². The van der Waals surface area contributed by atoms with Gasteiger partial charge in [-0.15, -0.1) is 0 Å². The van der Waals surface area contributed by atoms with Crippen LogP contribution in [0.25, 0.3) is 11.8 Å². The minimum absolute atomic E-state index is 0.103. The first-order chi connectivity index (χ1) is 14.0. The summed E-state index contributed by atoms with van der Waals surface area (Å²) >= 11 is 0. The lowest BCUT2D eigenvalue weighted by Gasteiger charge is -2.28. The number of carbonyl (C=O) groups is 3. The summed E-state index contributed by atoms with van der Waals surface area (Å²) in [7, 11) is 1.25. The molecular weight excluding hydrogens is 372 g/mol. The number of allylic oxidation sites excluding steroid dienone is 1. The summed E-state index contributed by atoms with van der Waals surface area (Å²) in [5, 5.41) is 10.9. The highest BCUT2D eigenvalue weighted by atomic mass is 16.5. The van der Waals surface area contributed by atoms with E-state index in [2.05, 4.69) is 0 Å². The largest absolute Gasteiger partial charge is 0.507 e. The average molecular weight is 390 g/mol. The maximum Gasteiger partial charge on any atom is 0.306 e. The van der Waals surface area contributed by atoms with Crippen LogP contribution in [0.2, 0.25) is 0 Å². The number of aliphatic hydroxyl groups is 1. The van der Waals surface area contributed by atoms with Gasteiger partial charge in [-0.05, 0) is 17.7 Å². The lowest BCUT2D eigenvalue weighted by Crippen LogP contribution is -2.31. The smallest absolute Gasteiger partial charge is 0.306 e. The fourth-order valence-electron chi connectivity index (χ4n) is 3.71. The molecule has 2 aromatic rings. The van der Waals surface area contributed by atoms with Crippen molar-refractivity contribution in [1.29, 1.82) is 0 Å². The summed E-state index contributed by atoms with van der Waals surface area (Å²) in [6, 6.07) is 13.7. The van der Waals surface area contributed by atoms with E-state index in [1.807, 2.05) is 30.3 Å². The third kappa shape index (κ3) is 3.23. The molecule has 0 spiro atoms. The van der Waals surface area contributed by atoms with Gasteiger partial charge in [0, 0.05) is 22.6 Å². The number of esters is 1. The summed E-state index contributed by atoms with van der Waals surface area (Å²) in [6.45, 7) is 0.124. The van der Waals surface area contributed by atoms with Crippen molar-refractivity contribution in [2.24, 2.45) is 5.92 Å². The quantitative estimate of drug-likeness (QED) is 0.636. The molecule has 6 heteroatoms. The Morgan fingerprint density at radius 3 is 2.52 bits per heavy atom. The normalized spacial score (nSPS) is 16.4. The lowest BCUT2D eigenvalue weighted by molar-refractivity contribution is -0.141. The number of aliphatic hydroxyl groups excluding tert-OH is 1. The molecule has 4 rings (SSSR count). The van der Waals surface area contributed by atoms with Crippen LogP contribution in [-0.2, 0) is 14.3 Å². The number of para-hydroxylation sites is 1. The molecule has 0 saturated carbocycles. The number of rotatable bonds is 4. The Hall–Kier alpha value is -3.67. The van der Waals surface area contributed by atoms with Crippen LogP contribution in [0.15, 0.2) is 59.7 Å². The predicted octanol–water partition coefficient (Wildman–Crippen LogP) is 3.38. The molecule has 1 aliphatic carbocycles. The standard InChI is InChI=1S/C23H18O6/c1-28-19(24)11-17(14-10-13-6-2-5-9-18(13)29-12-14)20-21(25)15-7-3-4-8-16(15)22(26)23(20)27/h2-10,17,25H,11-12H2,1H3. The minimum atomic E-state index is -0.847. The van der Waals surface area contributed by atoms with Gasteiger partial charge in [-0.3, -0.25) is 14.4 Å². The zero-order valence-electron chi connectivity index (χ0n) is 15.7. The van der Waals surface area contributed by atoms with E-state index in [9.17, 15) is 19.5 Å². The number of Topliss-reactive ketones (excluding diaryl/α,β-unsaturated/α-hetero) is 2. The SMILES string of the molecule is COC(=O)CC(C1=Cc2ccccc2OC1)C1=C(O)c2ccccc2C(=O)C1=O. The monoisotopic (exact) mass is 390 g/mol. The number of methoxy groups -OCH3 is 1. The fraction of sp³-hybridized carbons (Fsp3) is 0.174. The Bertz CT molecular complexity index is 1090. The number of ether oxygens (including phenoxy) is 2. The highest BCUT2D eigenvalue weighted by Gasteiger charge is 2.39. The molecule has 0 fully saturated rings. The van der Waals surface area contributed by atoms with Crippen LogP contribution in [0.5, 0.6) is 5.75 Å². The Kier molecular flexibility index (Phi) is 4.76. The molecule has 1 atom stereocenters. The summed E-state index contributed by atoms with van der Waals surface area (Å²) in [5.74, 6) is -2.55. The van der Waals surface area contributed by atoms with Crippen LogP contribution in [0.4, 0.5) is 0 Å². The molecule has 6 nitrogen and oxygen atoms in total. The first-order valence-corrected chi connectivity index (χ1v) is 9.12. The van der Waals surface area contributed by atoms with E-state index in [0.29, 0.717) is 11.3 Å². The van der Waals surface area contributed by atoms with Crippen molar-refractivity contribution >= 4 is 29.4 Å². The van der Waals surface area contributed by atoms with Crippen molar-refractivity contribution in [2.75, 3.05) is 13.7 Å². The molecule has 1 N–H and O–H groups in total. The summed E-state index contributed by atoms with van der Waals surface area (Å²) < 4.78 is 10.6. The van der Waals surface area contributed by atoms with Crippen LogP contribution in [0.1, 0.15) is 27.9 Å².